The summed E-state index contributed by atoms with van der Waals surface area (Å²) in [6.45, 7) is 6.77. The third kappa shape index (κ3) is 4.60. The fourth-order valence-electron chi connectivity index (χ4n) is 4.34. The average Bonchev–Trinajstić information content (AvgIpc) is 3.10. The lowest BCUT2D eigenvalue weighted by molar-refractivity contribution is -0.129. The monoisotopic (exact) mass is 427 g/mol. The maximum Gasteiger partial charge on any atom is 0.223 e. The standard InChI is InChI=1S/C24H27ClFN3O/c1-4-20(5-2)29-14-17(10-23(29)30)24(21-11-18(26)8-6-15(21)3)28-19-9-7-16(13-27)22(25)12-19/h6-9,11-12,17,20,24,28H,4-5,10,14H2,1-3H3/t17-,24?/m0/s1. The van der Waals surface area contributed by atoms with Crippen LogP contribution in [0.1, 0.15) is 55.8 Å². The van der Waals surface area contributed by atoms with Crippen LogP contribution in [0.5, 0.6) is 0 Å². The van der Waals surface area contributed by atoms with Crippen molar-refractivity contribution in [2.75, 3.05) is 11.9 Å². The number of likely N-dealkylation sites (tertiary alicyclic amines) is 1. The van der Waals surface area contributed by atoms with E-state index in [1.165, 1.54) is 6.07 Å². The second kappa shape index (κ2) is 9.49. The molecule has 4 nitrogen and oxygen atoms in total. The summed E-state index contributed by atoms with van der Waals surface area (Å²) in [7, 11) is 0. The zero-order chi connectivity index (χ0) is 21.8. The van der Waals surface area contributed by atoms with Gasteiger partial charge < -0.3 is 10.2 Å². The van der Waals surface area contributed by atoms with Crippen molar-refractivity contribution in [2.45, 2.75) is 52.1 Å². The van der Waals surface area contributed by atoms with E-state index in [1.54, 1.807) is 30.3 Å². The largest absolute Gasteiger partial charge is 0.378 e. The Labute approximate surface area is 182 Å². The van der Waals surface area contributed by atoms with Gasteiger partial charge in [0.15, 0.2) is 0 Å². The summed E-state index contributed by atoms with van der Waals surface area (Å²) in [5.74, 6) is -0.165. The van der Waals surface area contributed by atoms with Crippen LogP contribution in [0.2, 0.25) is 5.02 Å². The van der Waals surface area contributed by atoms with Gasteiger partial charge in [-0.3, -0.25) is 4.79 Å². The summed E-state index contributed by atoms with van der Waals surface area (Å²) in [6.07, 6.45) is 2.24. The van der Waals surface area contributed by atoms with Crippen molar-refractivity contribution in [2.24, 2.45) is 5.92 Å². The first kappa shape index (κ1) is 22.1. The van der Waals surface area contributed by atoms with Gasteiger partial charge in [-0.25, -0.2) is 4.39 Å². The van der Waals surface area contributed by atoms with Crippen molar-refractivity contribution in [1.82, 2.24) is 4.90 Å². The number of aryl methyl sites for hydroxylation is 1. The van der Waals surface area contributed by atoms with Crippen molar-refractivity contribution < 1.29 is 9.18 Å². The fourth-order valence-corrected chi connectivity index (χ4v) is 4.56. The van der Waals surface area contributed by atoms with Gasteiger partial charge in [-0.05, 0) is 61.2 Å². The summed E-state index contributed by atoms with van der Waals surface area (Å²) in [5.41, 5.74) is 2.93. The van der Waals surface area contributed by atoms with Crippen molar-refractivity contribution in [3.8, 4) is 6.07 Å². The molecule has 30 heavy (non-hydrogen) atoms. The third-order valence-electron chi connectivity index (χ3n) is 6.03. The molecular formula is C24H27ClFN3O. The van der Waals surface area contributed by atoms with Gasteiger partial charge in [-0.1, -0.05) is 31.5 Å². The Bertz CT molecular complexity index is 967. The van der Waals surface area contributed by atoms with Gasteiger partial charge in [0.25, 0.3) is 0 Å². The van der Waals surface area contributed by atoms with Crippen molar-refractivity contribution in [3.63, 3.8) is 0 Å². The average molecular weight is 428 g/mol. The first-order chi connectivity index (χ1) is 14.4. The van der Waals surface area contributed by atoms with Crippen molar-refractivity contribution >= 4 is 23.2 Å². The molecule has 0 aliphatic carbocycles. The zero-order valence-electron chi connectivity index (χ0n) is 17.6. The third-order valence-corrected chi connectivity index (χ3v) is 6.34. The Morgan fingerprint density at radius 2 is 2.00 bits per heavy atom. The molecule has 3 rings (SSSR count). The molecule has 158 valence electrons. The van der Waals surface area contributed by atoms with Gasteiger partial charge in [0, 0.05) is 30.6 Å². The van der Waals surface area contributed by atoms with Crippen LogP contribution in [0, 0.1) is 30.0 Å². The maximum absolute atomic E-state index is 14.1. The fraction of sp³-hybridized carbons (Fsp3) is 0.417. The van der Waals surface area contributed by atoms with Gasteiger partial charge in [-0.15, -0.1) is 0 Å². The Balaban J connectivity index is 1.97. The Morgan fingerprint density at radius 3 is 2.63 bits per heavy atom. The highest BCUT2D eigenvalue weighted by Gasteiger charge is 2.38. The summed E-state index contributed by atoms with van der Waals surface area (Å²) in [5, 5.41) is 13.0. The predicted molar refractivity (Wildman–Crippen MR) is 118 cm³/mol. The molecule has 1 fully saturated rings. The van der Waals surface area contributed by atoms with Crippen LogP contribution in [-0.2, 0) is 4.79 Å². The van der Waals surface area contributed by atoms with E-state index in [4.69, 9.17) is 16.9 Å². The van der Waals surface area contributed by atoms with Crippen LogP contribution in [0.15, 0.2) is 36.4 Å². The van der Waals surface area contributed by atoms with Crippen LogP contribution < -0.4 is 5.32 Å². The van der Waals surface area contributed by atoms with Crippen molar-refractivity contribution in [3.05, 3.63) is 63.9 Å². The van der Waals surface area contributed by atoms with E-state index in [0.29, 0.717) is 23.6 Å². The molecule has 1 heterocycles. The van der Waals surface area contributed by atoms with Gasteiger partial charge in [0.1, 0.15) is 11.9 Å². The molecule has 0 spiro atoms. The highest BCUT2D eigenvalue weighted by atomic mass is 35.5. The zero-order valence-corrected chi connectivity index (χ0v) is 18.3. The first-order valence-corrected chi connectivity index (χ1v) is 10.8. The lowest BCUT2D eigenvalue weighted by Gasteiger charge is -2.30. The number of benzene rings is 2. The van der Waals surface area contributed by atoms with Gasteiger partial charge in [0.05, 0.1) is 16.6 Å². The van der Waals surface area contributed by atoms with Crippen LogP contribution in [0.25, 0.3) is 0 Å². The lowest BCUT2D eigenvalue weighted by Crippen LogP contribution is -2.36. The minimum Gasteiger partial charge on any atom is -0.378 e. The van der Waals surface area contributed by atoms with Gasteiger partial charge in [-0.2, -0.15) is 5.26 Å². The van der Waals surface area contributed by atoms with Crippen molar-refractivity contribution in [1.29, 1.82) is 5.26 Å². The molecule has 1 unspecified atom stereocenters. The smallest absolute Gasteiger partial charge is 0.223 e. The normalized spacial score (nSPS) is 17.3. The molecule has 2 aromatic rings. The number of nitrogens with one attached hydrogen (secondary N) is 1. The number of rotatable bonds is 7. The molecule has 0 saturated carbocycles. The molecular weight excluding hydrogens is 401 g/mol. The highest BCUT2D eigenvalue weighted by Crippen LogP contribution is 2.37. The highest BCUT2D eigenvalue weighted by molar-refractivity contribution is 6.32. The molecule has 2 aromatic carbocycles. The molecule has 1 saturated heterocycles. The SMILES string of the molecule is CCC(CC)N1C[C@@H](C(Nc2ccc(C#N)c(Cl)c2)c2cc(F)ccc2C)CC1=O. The van der Waals surface area contributed by atoms with E-state index >= 15 is 0 Å². The summed E-state index contributed by atoms with van der Waals surface area (Å²) >= 11 is 6.22. The number of amides is 1. The summed E-state index contributed by atoms with van der Waals surface area (Å²) < 4.78 is 14.1. The molecule has 0 radical (unpaired) electrons. The van der Waals surface area contributed by atoms with E-state index in [0.717, 1.165) is 29.7 Å². The number of carbonyl (C=O) groups is 1. The molecule has 1 amide bonds. The Morgan fingerprint density at radius 1 is 1.27 bits per heavy atom. The quantitative estimate of drug-likeness (QED) is 0.603. The topological polar surface area (TPSA) is 56.1 Å². The second-order valence-electron chi connectivity index (χ2n) is 7.91. The Kier molecular flexibility index (Phi) is 6.99. The number of nitriles is 1. The first-order valence-electron chi connectivity index (χ1n) is 10.4. The van der Waals surface area contributed by atoms with E-state index in [1.807, 2.05) is 11.8 Å². The summed E-state index contributed by atoms with van der Waals surface area (Å²) in [6, 6.07) is 11.9. The van der Waals surface area contributed by atoms with E-state index < -0.39 is 0 Å². The predicted octanol–water partition coefficient (Wildman–Crippen LogP) is 5.85. The number of nitrogens with zero attached hydrogens (tertiary/aromatic N) is 2. The number of anilines is 1. The van der Waals surface area contributed by atoms with E-state index in [-0.39, 0.29) is 29.7 Å². The van der Waals surface area contributed by atoms with Gasteiger partial charge >= 0.3 is 0 Å². The number of carbonyl (C=O) groups excluding carboxylic acids is 1. The van der Waals surface area contributed by atoms with Gasteiger partial charge in [0.2, 0.25) is 5.91 Å². The minimum atomic E-state index is -0.304. The number of halogens is 2. The molecule has 2 atom stereocenters. The second-order valence-corrected chi connectivity index (χ2v) is 8.32. The van der Waals surface area contributed by atoms with E-state index in [9.17, 15) is 9.18 Å². The van der Waals surface area contributed by atoms with Crippen LogP contribution in [-0.4, -0.2) is 23.4 Å². The lowest BCUT2D eigenvalue weighted by atomic mass is 9.89. The molecule has 1 N–H and O–H groups in total. The molecule has 0 bridgehead atoms. The summed E-state index contributed by atoms with van der Waals surface area (Å²) in [4.78, 5) is 14.8. The minimum absolute atomic E-state index is 0.00646. The molecule has 6 heteroatoms. The Hall–Kier alpha value is -2.58. The molecule has 1 aliphatic rings. The maximum atomic E-state index is 14.1. The number of hydrogen-bond donors (Lipinski definition) is 1. The molecule has 0 aromatic heterocycles. The van der Waals surface area contributed by atoms with Crippen LogP contribution in [0.3, 0.4) is 0 Å². The van der Waals surface area contributed by atoms with Crippen LogP contribution in [0.4, 0.5) is 10.1 Å². The number of hydrogen-bond acceptors (Lipinski definition) is 3. The molecule has 1 aliphatic heterocycles. The van der Waals surface area contributed by atoms with Crippen LogP contribution >= 0.6 is 11.6 Å². The van der Waals surface area contributed by atoms with E-state index in [2.05, 4.69) is 25.2 Å².